The van der Waals surface area contributed by atoms with Gasteiger partial charge >= 0.3 is 12.0 Å². The van der Waals surface area contributed by atoms with Crippen LogP contribution in [0.4, 0.5) is 10.5 Å². The number of esters is 1. The van der Waals surface area contributed by atoms with Gasteiger partial charge in [0.15, 0.2) is 0 Å². The molecule has 0 atom stereocenters. The average molecular weight is 674 g/mol. The van der Waals surface area contributed by atoms with Crippen LogP contribution in [-0.2, 0) is 29.2 Å². The number of fused-ring (bicyclic) bond motifs is 1. The maximum Gasteiger partial charge on any atom is 0.333 e. The molecule has 12 nitrogen and oxygen atoms in total. The summed E-state index contributed by atoms with van der Waals surface area (Å²) in [5.41, 5.74) is 2.39. The van der Waals surface area contributed by atoms with Crippen LogP contribution >= 0.6 is 0 Å². The molecule has 3 rings (SSSR count). The van der Waals surface area contributed by atoms with Crippen LogP contribution in [0.5, 0.6) is 5.75 Å². The first-order valence-corrected chi connectivity index (χ1v) is 17.7. The molecule has 0 radical (unpaired) electrons. The van der Waals surface area contributed by atoms with Gasteiger partial charge in [0.05, 0.1) is 12.4 Å². The van der Waals surface area contributed by atoms with Crippen LogP contribution in [-0.4, -0.2) is 85.1 Å². The number of anilines is 1. The lowest BCUT2D eigenvalue weighted by Gasteiger charge is -2.34. The summed E-state index contributed by atoms with van der Waals surface area (Å²) in [5.74, 6) is -1.60. The molecule has 1 N–H and O–H groups in total. The number of benzene rings is 1. The van der Waals surface area contributed by atoms with Crippen LogP contribution < -0.4 is 9.64 Å². The van der Waals surface area contributed by atoms with E-state index in [0.717, 1.165) is 39.7 Å². The van der Waals surface area contributed by atoms with E-state index in [2.05, 4.69) is 45.6 Å². The summed E-state index contributed by atoms with van der Waals surface area (Å²) in [7, 11) is -4.33. The van der Waals surface area contributed by atoms with Gasteiger partial charge in [-0.1, -0.05) is 27.2 Å². The Balaban J connectivity index is 1.94. The fraction of sp³-hybridized carbons (Fsp3) is 0.529. The number of barbiturate groups is 1. The number of urea groups is 1. The maximum absolute atomic E-state index is 13.6. The molecule has 0 saturated carbocycles. The zero-order valence-corrected chi connectivity index (χ0v) is 29.0. The van der Waals surface area contributed by atoms with Crippen LogP contribution in [0.1, 0.15) is 79.2 Å². The number of carbonyl (C=O) groups excluding carboxylic acids is 4. The van der Waals surface area contributed by atoms with Gasteiger partial charge in [0.1, 0.15) is 17.1 Å². The number of imide groups is 2. The quantitative estimate of drug-likeness (QED) is 0.0848. The van der Waals surface area contributed by atoms with Gasteiger partial charge in [0.2, 0.25) is 0 Å². The van der Waals surface area contributed by atoms with Crippen molar-refractivity contribution in [3.63, 3.8) is 0 Å². The van der Waals surface area contributed by atoms with E-state index in [1.165, 1.54) is 12.2 Å². The number of hydrogen-bond acceptors (Lipinski definition) is 9. The molecular formula is C34H47N3O9S. The Morgan fingerprint density at radius 3 is 2.17 bits per heavy atom. The summed E-state index contributed by atoms with van der Waals surface area (Å²) < 4.78 is 42.9. The SMILES string of the molecule is CCOC(=O)CCCCCN1C(=O)/C(=C\C=C2/C=C(C(C)(C)C)c3ccc(N(CC)CC)cc3O2)C(=O)N(CCCS(=O)(=O)O)C1=O. The summed E-state index contributed by atoms with van der Waals surface area (Å²) in [6.45, 7) is 13.7. The van der Waals surface area contributed by atoms with Crippen molar-refractivity contribution in [3.05, 3.63) is 53.3 Å². The summed E-state index contributed by atoms with van der Waals surface area (Å²) >= 11 is 0. The Morgan fingerprint density at radius 2 is 1.60 bits per heavy atom. The first-order chi connectivity index (χ1) is 22.1. The smallest absolute Gasteiger partial charge is 0.333 e. The Hall–Kier alpha value is -3.97. The molecule has 2 aliphatic rings. The molecule has 4 amide bonds. The van der Waals surface area contributed by atoms with E-state index in [1.807, 2.05) is 18.2 Å². The van der Waals surface area contributed by atoms with Gasteiger partial charge in [-0.2, -0.15) is 8.42 Å². The summed E-state index contributed by atoms with van der Waals surface area (Å²) in [5, 5.41) is 0. The molecule has 1 aromatic carbocycles. The van der Waals surface area contributed by atoms with E-state index in [1.54, 1.807) is 6.92 Å². The van der Waals surface area contributed by atoms with Crippen LogP contribution in [0.3, 0.4) is 0 Å². The lowest BCUT2D eigenvalue weighted by molar-refractivity contribution is -0.143. The second kappa shape index (κ2) is 16.2. The van der Waals surface area contributed by atoms with Crippen LogP contribution in [0.25, 0.3) is 5.57 Å². The second-order valence-electron chi connectivity index (χ2n) is 12.4. The molecular weight excluding hydrogens is 626 g/mol. The molecule has 0 spiro atoms. The molecule has 1 fully saturated rings. The molecule has 1 saturated heterocycles. The van der Waals surface area contributed by atoms with Gasteiger partial charge in [-0.05, 0) is 81.4 Å². The fourth-order valence-electron chi connectivity index (χ4n) is 5.44. The minimum absolute atomic E-state index is 0.0113. The number of hydrogen-bond donors (Lipinski definition) is 1. The number of carbonyl (C=O) groups is 4. The highest BCUT2D eigenvalue weighted by atomic mass is 32.2. The summed E-state index contributed by atoms with van der Waals surface area (Å²) in [4.78, 5) is 55.9. The lowest BCUT2D eigenvalue weighted by Crippen LogP contribution is -2.56. The first-order valence-electron chi connectivity index (χ1n) is 16.1. The molecule has 258 valence electrons. The van der Waals surface area contributed by atoms with Gasteiger partial charge in [-0.3, -0.25) is 28.7 Å². The predicted molar refractivity (Wildman–Crippen MR) is 179 cm³/mol. The van der Waals surface area contributed by atoms with E-state index in [0.29, 0.717) is 30.8 Å². The number of rotatable bonds is 15. The van der Waals surface area contributed by atoms with Crippen LogP contribution in [0.2, 0.25) is 0 Å². The van der Waals surface area contributed by atoms with E-state index < -0.39 is 33.7 Å². The number of nitrogens with zero attached hydrogens (tertiary/aromatic N) is 3. The Morgan fingerprint density at radius 1 is 0.957 bits per heavy atom. The van der Waals surface area contributed by atoms with Gasteiger partial charge in [0, 0.05) is 49.9 Å². The summed E-state index contributed by atoms with van der Waals surface area (Å²) in [6.07, 6.45) is 6.11. The van der Waals surface area contributed by atoms with Crippen molar-refractivity contribution in [2.75, 3.05) is 43.4 Å². The number of allylic oxidation sites excluding steroid dienone is 4. The van der Waals surface area contributed by atoms with Crippen molar-refractivity contribution in [1.29, 1.82) is 0 Å². The third kappa shape index (κ3) is 10.0. The zero-order valence-electron chi connectivity index (χ0n) is 28.2. The van der Waals surface area contributed by atoms with Gasteiger partial charge in [-0.25, -0.2) is 4.79 Å². The van der Waals surface area contributed by atoms with E-state index >= 15 is 0 Å². The highest BCUT2D eigenvalue weighted by molar-refractivity contribution is 7.85. The molecule has 13 heteroatoms. The topological polar surface area (TPSA) is 151 Å². The number of ether oxygens (including phenoxy) is 2. The molecule has 0 aromatic heterocycles. The van der Waals surface area contributed by atoms with Gasteiger partial charge < -0.3 is 14.4 Å². The molecule has 0 bridgehead atoms. The van der Waals surface area contributed by atoms with Crippen LogP contribution in [0.15, 0.2) is 47.8 Å². The largest absolute Gasteiger partial charge is 0.466 e. The fourth-order valence-corrected chi connectivity index (χ4v) is 5.93. The highest BCUT2D eigenvalue weighted by Crippen LogP contribution is 2.44. The maximum atomic E-state index is 13.6. The monoisotopic (exact) mass is 673 g/mol. The third-order valence-corrected chi connectivity index (χ3v) is 8.69. The van der Waals surface area contributed by atoms with Crippen molar-refractivity contribution in [2.24, 2.45) is 5.41 Å². The van der Waals surface area contributed by atoms with E-state index in [-0.39, 0.29) is 49.5 Å². The van der Waals surface area contributed by atoms with Crippen molar-refractivity contribution in [3.8, 4) is 5.75 Å². The van der Waals surface area contributed by atoms with Crippen molar-refractivity contribution in [2.45, 2.75) is 73.6 Å². The Kier molecular flexibility index (Phi) is 12.9. The molecule has 2 aliphatic heterocycles. The zero-order chi connectivity index (χ0) is 34.9. The lowest BCUT2D eigenvalue weighted by atomic mass is 9.80. The second-order valence-corrected chi connectivity index (χ2v) is 13.9. The molecule has 0 aliphatic carbocycles. The molecule has 1 aromatic rings. The summed E-state index contributed by atoms with van der Waals surface area (Å²) in [6, 6.07) is 5.19. The minimum Gasteiger partial charge on any atom is -0.466 e. The van der Waals surface area contributed by atoms with E-state index in [9.17, 15) is 27.6 Å². The normalized spacial score (nSPS) is 17.2. The van der Waals surface area contributed by atoms with Gasteiger partial charge in [0.25, 0.3) is 21.9 Å². The Bertz CT molecular complexity index is 1550. The average Bonchev–Trinajstić information content (AvgIpc) is 2.99. The predicted octanol–water partition coefficient (Wildman–Crippen LogP) is 5.36. The standard InChI is InChI=1S/C34H47N3O9S/c1-7-35(8-2)24-15-17-26-28(34(4,5)6)23-25(46-29(26)22-24)16-18-27-31(39)36(19-12-10-11-14-30(38)45-9-3)33(41)37(32(27)40)20-13-21-47(42,43)44/h15-18,22-23H,7-14,19-21H2,1-6H3,(H,42,43,44)/b25-16+,27-18+. The molecule has 2 heterocycles. The van der Waals surface area contributed by atoms with Gasteiger partial charge in [-0.15, -0.1) is 0 Å². The number of unbranched alkanes of at least 4 members (excludes halogenated alkanes) is 2. The van der Waals surface area contributed by atoms with Crippen molar-refractivity contribution < 1.29 is 41.6 Å². The minimum atomic E-state index is -4.33. The highest BCUT2D eigenvalue weighted by Gasteiger charge is 2.41. The van der Waals surface area contributed by atoms with Crippen molar-refractivity contribution in [1.82, 2.24) is 9.80 Å². The third-order valence-electron chi connectivity index (χ3n) is 7.89. The van der Waals surface area contributed by atoms with Crippen molar-refractivity contribution >= 4 is 45.2 Å². The number of amides is 4. The Labute approximate surface area is 277 Å². The van der Waals surface area contributed by atoms with Crippen LogP contribution in [0, 0.1) is 5.41 Å². The first kappa shape index (κ1) is 37.5. The molecule has 47 heavy (non-hydrogen) atoms. The van der Waals surface area contributed by atoms with E-state index in [4.69, 9.17) is 14.0 Å². The molecule has 0 unspecified atom stereocenters.